The van der Waals surface area contributed by atoms with E-state index in [2.05, 4.69) is 72.8 Å². The van der Waals surface area contributed by atoms with Crippen molar-refractivity contribution in [3.63, 3.8) is 0 Å². The molecule has 2 heteroatoms. The summed E-state index contributed by atoms with van der Waals surface area (Å²) in [6, 6.07) is 17.9. The molecule has 0 aliphatic heterocycles. The summed E-state index contributed by atoms with van der Waals surface area (Å²) in [6.45, 7) is 0. The standard InChI is InChI=1S/C17H20N2/c1-19(2)17-9-5-8-15(12-17)18-16-10-13-6-3-4-7-14(13)11-16/h3-9,12,16,18H,10-11H2,1-2H3. The highest BCUT2D eigenvalue weighted by Crippen LogP contribution is 2.25. The number of fused-ring (bicyclic) bond motifs is 1. The van der Waals surface area contributed by atoms with Crippen LogP contribution in [0.3, 0.4) is 0 Å². The molecule has 0 spiro atoms. The first kappa shape index (κ1) is 12.1. The zero-order valence-electron chi connectivity index (χ0n) is 11.6. The third kappa shape index (κ3) is 2.58. The normalized spacial score (nSPS) is 14.2. The van der Waals surface area contributed by atoms with Crippen molar-refractivity contribution in [2.75, 3.05) is 24.3 Å². The molecule has 0 unspecified atom stereocenters. The molecule has 0 saturated heterocycles. The lowest BCUT2D eigenvalue weighted by molar-refractivity contribution is 0.774. The highest BCUT2D eigenvalue weighted by molar-refractivity contribution is 5.58. The predicted octanol–water partition coefficient (Wildman–Crippen LogP) is 3.33. The van der Waals surface area contributed by atoms with Crippen LogP contribution in [0.5, 0.6) is 0 Å². The Labute approximate surface area is 115 Å². The summed E-state index contributed by atoms with van der Waals surface area (Å²) in [4.78, 5) is 2.13. The summed E-state index contributed by atoms with van der Waals surface area (Å²) in [5.41, 5.74) is 5.43. The minimum Gasteiger partial charge on any atom is -0.382 e. The lowest BCUT2D eigenvalue weighted by Gasteiger charge is -2.17. The number of anilines is 2. The molecule has 1 N–H and O–H groups in total. The van der Waals surface area contributed by atoms with Crippen molar-refractivity contribution in [3.05, 3.63) is 59.7 Å². The van der Waals surface area contributed by atoms with Crippen molar-refractivity contribution in [2.45, 2.75) is 18.9 Å². The molecule has 0 heterocycles. The quantitative estimate of drug-likeness (QED) is 0.901. The molecule has 0 bridgehead atoms. The molecular formula is C17H20N2. The Hall–Kier alpha value is -1.96. The van der Waals surface area contributed by atoms with Crippen molar-refractivity contribution in [1.82, 2.24) is 0 Å². The molecule has 2 nitrogen and oxygen atoms in total. The van der Waals surface area contributed by atoms with E-state index in [1.165, 1.54) is 22.5 Å². The molecule has 0 radical (unpaired) electrons. The first-order valence-electron chi connectivity index (χ1n) is 6.83. The Morgan fingerprint density at radius 2 is 1.63 bits per heavy atom. The summed E-state index contributed by atoms with van der Waals surface area (Å²) in [7, 11) is 4.15. The number of nitrogens with zero attached hydrogens (tertiary/aromatic N) is 1. The molecule has 1 aliphatic rings. The maximum absolute atomic E-state index is 3.66. The number of benzene rings is 2. The van der Waals surface area contributed by atoms with Gasteiger partial charge in [0.25, 0.3) is 0 Å². The number of nitrogens with one attached hydrogen (secondary N) is 1. The zero-order chi connectivity index (χ0) is 13.2. The van der Waals surface area contributed by atoms with E-state index in [0.29, 0.717) is 6.04 Å². The number of hydrogen-bond donors (Lipinski definition) is 1. The first-order chi connectivity index (χ1) is 9.22. The summed E-state index contributed by atoms with van der Waals surface area (Å²) in [6.07, 6.45) is 2.25. The van der Waals surface area contributed by atoms with E-state index in [-0.39, 0.29) is 0 Å². The fraction of sp³-hybridized carbons (Fsp3) is 0.294. The molecule has 0 amide bonds. The zero-order valence-corrected chi connectivity index (χ0v) is 11.6. The van der Waals surface area contributed by atoms with Crippen molar-refractivity contribution in [1.29, 1.82) is 0 Å². The Balaban J connectivity index is 1.72. The van der Waals surface area contributed by atoms with Gasteiger partial charge in [-0.2, -0.15) is 0 Å². The summed E-state index contributed by atoms with van der Waals surface area (Å²) >= 11 is 0. The predicted molar refractivity (Wildman–Crippen MR) is 82.0 cm³/mol. The Morgan fingerprint density at radius 3 is 2.26 bits per heavy atom. The molecule has 0 aromatic heterocycles. The molecule has 2 aromatic rings. The highest BCUT2D eigenvalue weighted by atomic mass is 15.1. The van der Waals surface area contributed by atoms with Crippen molar-refractivity contribution in [2.24, 2.45) is 0 Å². The van der Waals surface area contributed by atoms with Crippen LogP contribution in [0.25, 0.3) is 0 Å². The minimum absolute atomic E-state index is 0.523. The van der Waals surface area contributed by atoms with Gasteiger partial charge in [0.15, 0.2) is 0 Å². The molecule has 98 valence electrons. The van der Waals surface area contributed by atoms with Crippen LogP contribution in [0.1, 0.15) is 11.1 Å². The molecular weight excluding hydrogens is 232 g/mol. The lowest BCUT2D eigenvalue weighted by atomic mass is 10.1. The third-order valence-electron chi connectivity index (χ3n) is 3.78. The highest BCUT2D eigenvalue weighted by Gasteiger charge is 2.20. The van der Waals surface area contributed by atoms with E-state index >= 15 is 0 Å². The monoisotopic (exact) mass is 252 g/mol. The van der Waals surface area contributed by atoms with Gasteiger partial charge in [0.2, 0.25) is 0 Å². The Kier molecular flexibility index (Phi) is 3.16. The van der Waals surface area contributed by atoms with Gasteiger partial charge < -0.3 is 10.2 Å². The van der Waals surface area contributed by atoms with Crippen molar-refractivity contribution < 1.29 is 0 Å². The fourth-order valence-electron chi connectivity index (χ4n) is 2.77. The van der Waals surface area contributed by atoms with E-state index in [1.807, 2.05) is 0 Å². The summed E-state index contributed by atoms with van der Waals surface area (Å²) < 4.78 is 0. The van der Waals surface area contributed by atoms with Gasteiger partial charge in [-0.05, 0) is 42.2 Å². The second-order valence-corrected chi connectivity index (χ2v) is 5.46. The Bertz CT molecular complexity index is 550. The summed E-state index contributed by atoms with van der Waals surface area (Å²) in [5.74, 6) is 0. The maximum Gasteiger partial charge on any atom is 0.0381 e. The first-order valence-corrected chi connectivity index (χ1v) is 6.83. The maximum atomic E-state index is 3.66. The second kappa shape index (κ2) is 4.96. The summed E-state index contributed by atoms with van der Waals surface area (Å²) in [5, 5.41) is 3.66. The molecule has 19 heavy (non-hydrogen) atoms. The van der Waals surface area contributed by atoms with Crippen LogP contribution >= 0.6 is 0 Å². The van der Waals surface area contributed by atoms with Gasteiger partial charge in [-0.25, -0.2) is 0 Å². The lowest BCUT2D eigenvalue weighted by Crippen LogP contribution is -2.19. The molecule has 2 aromatic carbocycles. The van der Waals surface area contributed by atoms with E-state index < -0.39 is 0 Å². The van der Waals surface area contributed by atoms with Crippen LogP contribution in [0.2, 0.25) is 0 Å². The smallest absolute Gasteiger partial charge is 0.0381 e. The van der Waals surface area contributed by atoms with Crippen molar-refractivity contribution in [3.8, 4) is 0 Å². The average molecular weight is 252 g/mol. The largest absolute Gasteiger partial charge is 0.382 e. The van der Waals surface area contributed by atoms with Crippen LogP contribution in [-0.4, -0.2) is 20.1 Å². The number of hydrogen-bond acceptors (Lipinski definition) is 2. The molecule has 0 atom stereocenters. The number of rotatable bonds is 3. The van der Waals surface area contributed by atoms with E-state index in [4.69, 9.17) is 0 Å². The molecule has 3 rings (SSSR count). The molecule has 0 fully saturated rings. The topological polar surface area (TPSA) is 15.3 Å². The van der Waals surface area contributed by atoms with E-state index in [9.17, 15) is 0 Å². The van der Waals surface area contributed by atoms with Crippen molar-refractivity contribution >= 4 is 11.4 Å². The average Bonchev–Trinajstić information content (AvgIpc) is 2.81. The second-order valence-electron chi connectivity index (χ2n) is 5.46. The van der Waals surface area contributed by atoms with E-state index in [1.54, 1.807) is 0 Å². The van der Waals surface area contributed by atoms with Gasteiger partial charge in [-0.3, -0.25) is 0 Å². The van der Waals surface area contributed by atoms with Gasteiger partial charge >= 0.3 is 0 Å². The molecule has 1 aliphatic carbocycles. The fourth-order valence-corrected chi connectivity index (χ4v) is 2.77. The van der Waals surface area contributed by atoms with Crippen LogP contribution in [0, 0.1) is 0 Å². The Morgan fingerprint density at radius 1 is 0.947 bits per heavy atom. The van der Waals surface area contributed by atoms with Gasteiger partial charge in [0.1, 0.15) is 0 Å². The van der Waals surface area contributed by atoms with Crippen LogP contribution in [0.4, 0.5) is 11.4 Å². The minimum atomic E-state index is 0.523. The van der Waals surface area contributed by atoms with Crippen LogP contribution in [-0.2, 0) is 12.8 Å². The third-order valence-corrected chi connectivity index (χ3v) is 3.78. The van der Waals surface area contributed by atoms with Gasteiger partial charge in [-0.1, -0.05) is 30.3 Å². The SMILES string of the molecule is CN(C)c1cccc(NC2Cc3ccccc3C2)c1. The van der Waals surface area contributed by atoms with Gasteiger partial charge in [-0.15, -0.1) is 0 Å². The van der Waals surface area contributed by atoms with Crippen LogP contribution < -0.4 is 10.2 Å². The molecule has 0 saturated carbocycles. The van der Waals surface area contributed by atoms with E-state index in [0.717, 1.165) is 12.8 Å². The van der Waals surface area contributed by atoms with Crippen LogP contribution in [0.15, 0.2) is 48.5 Å². The van der Waals surface area contributed by atoms with Gasteiger partial charge in [0.05, 0.1) is 0 Å². The van der Waals surface area contributed by atoms with Gasteiger partial charge in [0, 0.05) is 31.5 Å².